The maximum Gasteiger partial charge on any atom is 0.263 e. The Morgan fingerprint density at radius 2 is 1.35 bits per heavy atom. The molecule has 2 heterocycles. The summed E-state index contributed by atoms with van der Waals surface area (Å²) < 4.78 is 1.85. The van der Waals surface area contributed by atoms with E-state index in [4.69, 9.17) is 0 Å². The van der Waals surface area contributed by atoms with Crippen LogP contribution in [0, 0.1) is 0 Å². The minimum atomic E-state index is -0.00697. The fourth-order valence-electron chi connectivity index (χ4n) is 5.05. The van der Waals surface area contributed by atoms with Crippen LogP contribution >= 0.6 is 0 Å². The van der Waals surface area contributed by atoms with Gasteiger partial charge in [0, 0.05) is 21.7 Å². The third kappa shape index (κ3) is 3.00. The maximum absolute atomic E-state index is 13.7. The van der Waals surface area contributed by atoms with E-state index in [0.29, 0.717) is 0 Å². The Kier molecular flexibility index (Phi) is 4.67. The van der Waals surface area contributed by atoms with Crippen molar-refractivity contribution >= 4 is 44.8 Å². The Morgan fingerprint density at radius 3 is 2.06 bits per heavy atom. The molecular formula is C32H23NO. The van der Waals surface area contributed by atoms with Crippen molar-refractivity contribution in [2.24, 2.45) is 0 Å². The smallest absolute Gasteiger partial charge is 0.263 e. The maximum atomic E-state index is 13.7. The molecule has 0 fully saturated rings. The molecule has 0 radical (unpaired) electrons. The van der Waals surface area contributed by atoms with Gasteiger partial charge in [-0.05, 0) is 64.9 Å². The molecule has 2 aromatic heterocycles. The topological polar surface area (TPSA) is 21.5 Å². The van der Waals surface area contributed by atoms with E-state index in [1.807, 2.05) is 59.0 Å². The lowest BCUT2D eigenvalue weighted by Crippen LogP contribution is -2.14. The lowest BCUT2D eigenvalue weighted by atomic mass is 9.96. The highest BCUT2D eigenvalue weighted by molar-refractivity contribution is 6.16. The summed E-state index contributed by atoms with van der Waals surface area (Å²) in [5.74, 6) is 0. The van der Waals surface area contributed by atoms with E-state index in [9.17, 15) is 4.79 Å². The first-order valence-corrected chi connectivity index (χ1v) is 11.5. The van der Waals surface area contributed by atoms with Crippen molar-refractivity contribution in [1.29, 1.82) is 0 Å². The Labute approximate surface area is 198 Å². The van der Waals surface area contributed by atoms with Gasteiger partial charge in [0.15, 0.2) is 0 Å². The van der Waals surface area contributed by atoms with Crippen LogP contribution in [0.1, 0.15) is 23.7 Å². The zero-order chi connectivity index (χ0) is 23.2. The van der Waals surface area contributed by atoms with Crippen molar-refractivity contribution in [2.75, 3.05) is 0 Å². The molecule has 4 aromatic carbocycles. The summed E-state index contributed by atoms with van der Waals surface area (Å²) in [6.07, 6.45) is 3.99. The largest absolute Gasteiger partial charge is 0.275 e. The van der Waals surface area contributed by atoms with Crippen molar-refractivity contribution in [1.82, 2.24) is 4.40 Å². The number of fused-ring (bicyclic) bond motifs is 2. The second kappa shape index (κ2) is 7.86. The minimum Gasteiger partial charge on any atom is -0.275 e. The van der Waals surface area contributed by atoms with Crippen LogP contribution in [0.3, 0.4) is 0 Å². The summed E-state index contributed by atoms with van der Waals surface area (Å²) in [5.41, 5.74) is 7.37. The van der Waals surface area contributed by atoms with Crippen molar-refractivity contribution < 1.29 is 0 Å². The summed E-state index contributed by atoms with van der Waals surface area (Å²) in [6, 6.07) is 33.1. The predicted molar refractivity (Wildman–Crippen MR) is 145 cm³/mol. The fourth-order valence-corrected chi connectivity index (χ4v) is 5.05. The van der Waals surface area contributed by atoms with Crippen molar-refractivity contribution in [3.05, 3.63) is 131 Å². The number of nitrogens with zero attached hydrogens (tertiary/aromatic N) is 1. The molecule has 0 saturated carbocycles. The van der Waals surface area contributed by atoms with Crippen LogP contribution in [0.25, 0.3) is 55.9 Å². The molecular weight excluding hydrogens is 414 g/mol. The van der Waals surface area contributed by atoms with Crippen LogP contribution in [0.4, 0.5) is 0 Å². The van der Waals surface area contributed by atoms with E-state index in [-0.39, 0.29) is 5.56 Å². The lowest BCUT2D eigenvalue weighted by molar-refractivity contribution is 1.13. The fraction of sp³-hybridized carbons (Fsp3) is 0.0312. The molecule has 0 saturated heterocycles. The van der Waals surface area contributed by atoms with Crippen LogP contribution in [0.15, 0.2) is 108 Å². The summed E-state index contributed by atoms with van der Waals surface area (Å²) in [4.78, 5) is 13.7. The first kappa shape index (κ1) is 20.2. The van der Waals surface area contributed by atoms with E-state index < -0.39 is 0 Å². The quantitative estimate of drug-likeness (QED) is 0.257. The number of hydrogen-bond acceptors (Lipinski definition) is 1. The Hall–Kier alpha value is -4.43. The highest BCUT2D eigenvalue weighted by atomic mass is 16.1. The SMILES string of the molecule is C=Cc1c(/C=C(\C)c2ccccc2)c2cc(-c3ccccc3)cc3c4ccccc4c(=O)n1c23. The normalized spacial score (nSPS) is 12.1. The molecule has 2 heteroatoms. The predicted octanol–water partition coefficient (Wildman–Crippen LogP) is 7.91. The lowest BCUT2D eigenvalue weighted by Gasteiger charge is -2.09. The van der Waals surface area contributed by atoms with Crippen LogP contribution in [-0.4, -0.2) is 4.40 Å². The van der Waals surface area contributed by atoms with Crippen molar-refractivity contribution in [3.63, 3.8) is 0 Å². The van der Waals surface area contributed by atoms with E-state index in [2.05, 4.69) is 68.1 Å². The van der Waals surface area contributed by atoms with Gasteiger partial charge >= 0.3 is 0 Å². The number of allylic oxidation sites excluding steroid dienone is 1. The first-order chi connectivity index (χ1) is 16.7. The van der Waals surface area contributed by atoms with E-state index in [1.54, 1.807) is 0 Å². The third-order valence-corrected chi connectivity index (χ3v) is 6.68. The number of aromatic nitrogens is 1. The standard InChI is InChI=1S/C32H23NO/c1-3-30-27(18-21(2)22-12-6-4-7-13-22)29-20-24(23-14-8-5-9-15-23)19-28-25-16-10-11-17-26(25)32(34)33(30)31(28)29/h3-20H,1H2,2H3/b21-18+. The van der Waals surface area contributed by atoms with Crippen LogP contribution in [-0.2, 0) is 0 Å². The third-order valence-electron chi connectivity index (χ3n) is 6.68. The van der Waals surface area contributed by atoms with E-state index >= 15 is 0 Å². The molecule has 0 unspecified atom stereocenters. The molecule has 6 aromatic rings. The van der Waals surface area contributed by atoms with Gasteiger partial charge in [-0.2, -0.15) is 0 Å². The second-order valence-corrected chi connectivity index (χ2v) is 8.67. The molecule has 162 valence electrons. The molecule has 0 N–H and O–H groups in total. The van der Waals surface area contributed by atoms with Crippen LogP contribution in [0.5, 0.6) is 0 Å². The number of benzene rings is 4. The molecule has 34 heavy (non-hydrogen) atoms. The molecule has 0 aliphatic rings. The summed E-state index contributed by atoms with van der Waals surface area (Å²) in [7, 11) is 0. The highest BCUT2D eigenvalue weighted by Gasteiger charge is 2.20. The van der Waals surface area contributed by atoms with Gasteiger partial charge in [-0.15, -0.1) is 0 Å². The Morgan fingerprint density at radius 1 is 0.735 bits per heavy atom. The summed E-state index contributed by atoms with van der Waals surface area (Å²) in [6.45, 7) is 6.21. The average Bonchev–Trinajstić information content (AvgIpc) is 3.21. The van der Waals surface area contributed by atoms with E-state index in [1.165, 1.54) is 0 Å². The Balaban J connectivity index is 1.81. The second-order valence-electron chi connectivity index (χ2n) is 8.67. The number of rotatable bonds is 4. The van der Waals surface area contributed by atoms with E-state index in [0.717, 1.165) is 60.6 Å². The molecule has 0 aliphatic heterocycles. The minimum absolute atomic E-state index is 0.00697. The monoisotopic (exact) mass is 437 g/mol. The van der Waals surface area contributed by atoms with Gasteiger partial charge in [-0.25, -0.2) is 0 Å². The zero-order valence-electron chi connectivity index (χ0n) is 19.0. The van der Waals surface area contributed by atoms with Gasteiger partial charge in [0.25, 0.3) is 5.56 Å². The molecule has 0 amide bonds. The number of hydrogen-bond donors (Lipinski definition) is 0. The summed E-state index contributed by atoms with van der Waals surface area (Å²) >= 11 is 0. The van der Waals surface area contributed by atoms with Gasteiger partial charge < -0.3 is 0 Å². The first-order valence-electron chi connectivity index (χ1n) is 11.5. The van der Waals surface area contributed by atoms with Gasteiger partial charge in [0.1, 0.15) is 0 Å². The van der Waals surface area contributed by atoms with Crippen molar-refractivity contribution in [2.45, 2.75) is 6.92 Å². The van der Waals surface area contributed by atoms with Gasteiger partial charge in [0.2, 0.25) is 0 Å². The number of pyridine rings is 1. The summed E-state index contributed by atoms with van der Waals surface area (Å²) in [5, 5.41) is 3.83. The highest BCUT2D eigenvalue weighted by Crippen LogP contribution is 2.38. The Bertz CT molecular complexity index is 1770. The molecule has 0 atom stereocenters. The zero-order valence-corrected chi connectivity index (χ0v) is 19.0. The van der Waals surface area contributed by atoms with Gasteiger partial charge in [-0.3, -0.25) is 9.20 Å². The molecule has 0 spiro atoms. The van der Waals surface area contributed by atoms with Crippen LogP contribution in [0.2, 0.25) is 0 Å². The molecule has 6 rings (SSSR count). The van der Waals surface area contributed by atoms with Crippen molar-refractivity contribution in [3.8, 4) is 11.1 Å². The average molecular weight is 438 g/mol. The molecule has 0 bridgehead atoms. The van der Waals surface area contributed by atoms with Gasteiger partial charge in [0.05, 0.1) is 11.2 Å². The molecule has 2 nitrogen and oxygen atoms in total. The van der Waals surface area contributed by atoms with Crippen LogP contribution < -0.4 is 5.56 Å². The van der Waals surface area contributed by atoms with Gasteiger partial charge in [-0.1, -0.05) is 85.4 Å². The molecule has 0 aliphatic carbocycles.